The van der Waals surface area contributed by atoms with Crippen molar-refractivity contribution < 1.29 is 19.1 Å². The van der Waals surface area contributed by atoms with Crippen molar-refractivity contribution in [2.45, 2.75) is 20.0 Å². The lowest BCUT2D eigenvalue weighted by Crippen LogP contribution is -2.41. The number of rotatable bonds is 5. The van der Waals surface area contributed by atoms with E-state index >= 15 is 0 Å². The van der Waals surface area contributed by atoms with Crippen molar-refractivity contribution >= 4 is 23.4 Å². The Bertz CT molecular complexity index is 777. The maximum absolute atomic E-state index is 12.2. The number of hydrogen-bond donors (Lipinski definition) is 2. The summed E-state index contributed by atoms with van der Waals surface area (Å²) in [7, 11) is 1.49. The summed E-state index contributed by atoms with van der Waals surface area (Å²) in [6, 6.07) is 11.2. The first kappa shape index (κ1) is 18.6. The molecular formula is C18H19ClN2O4. The van der Waals surface area contributed by atoms with Gasteiger partial charge in [-0.2, -0.15) is 0 Å². The molecule has 2 N–H and O–H groups in total. The smallest absolute Gasteiger partial charge is 0.269 e. The third-order valence-electron chi connectivity index (χ3n) is 3.16. The third-order valence-corrected chi connectivity index (χ3v) is 3.40. The molecule has 0 atom stereocenters. The fraction of sp³-hybridized carbons (Fsp3) is 0.222. The highest BCUT2D eigenvalue weighted by atomic mass is 35.5. The van der Waals surface area contributed by atoms with Gasteiger partial charge in [0.05, 0.1) is 13.2 Å². The zero-order valence-electron chi connectivity index (χ0n) is 14.1. The van der Waals surface area contributed by atoms with Gasteiger partial charge in [0.25, 0.3) is 11.8 Å². The predicted molar refractivity (Wildman–Crippen MR) is 95.1 cm³/mol. The van der Waals surface area contributed by atoms with Gasteiger partial charge < -0.3 is 9.47 Å². The second-order valence-electron chi connectivity index (χ2n) is 5.45. The molecule has 0 saturated heterocycles. The largest absolute Gasteiger partial charge is 0.493 e. The monoisotopic (exact) mass is 362 g/mol. The molecule has 0 saturated carbocycles. The molecule has 2 rings (SSSR count). The van der Waals surface area contributed by atoms with E-state index in [1.807, 2.05) is 13.8 Å². The minimum absolute atomic E-state index is 0.0226. The second-order valence-corrected chi connectivity index (χ2v) is 5.89. The topological polar surface area (TPSA) is 76.7 Å². The molecule has 132 valence electrons. The molecule has 25 heavy (non-hydrogen) atoms. The van der Waals surface area contributed by atoms with Gasteiger partial charge in [-0.15, -0.1) is 0 Å². The molecule has 0 spiro atoms. The molecule has 2 aromatic carbocycles. The highest BCUT2D eigenvalue weighted by molar-refractivity contribution is 6.30. The summed E-state index contributed by atoms with van der Waals surface area (Å²) in [6.07, 6.45) is -0.0226. The molecule has 0 aliphatic carbocycles. The van der Waals surface area contributed by atoms with Crippen LogP contribution in [0.15, 0.2) is 42.5 Å². The fourth-order valence-corrected chi connectivity index (χ4v) is 2.24. The van der Waals surface area contributed by atoms with Crippen molar-refractivity contribution in [3.8, 4) is 11.5 Å². The number of methoxy groups -OCH3 is 1. The van der Waals surface area contributed by atoms with Crippen molar-refractivity contribution in [2.75, 3.05) is 7.11 Å². The average Bonchev–Trinajstić information content (AvgIpc) is 2.59. The van der Waals surface area contributed by atoms with Crippen molar-refractivity contribution in [3.05, 3.63) is 58.6 Å². The van der Waals surface area contributed by atoms with Crippen LogP contribution >= 0.6 is 11.6 Å². The summed E-state index contributed by atoms with van der Waals surface area (Å²) >= 11 is 5.84. The molecule has 6 nitrogen and oxygen atoms in total. The number of hydrogen-bond acceptors (Lipinski definition) is 4. The van der Waals surface area contributed by atoms with Gasteiger partial charge in [-0.3, -0.25) is 20.4 Å². The van der Waals surface area contributed by atoms with E-state index in [0.29, 0.717) is 27.6 Å². The zero-order chi connectivity index (χ0) is 18.4. The lowest BCUT2D eigenvalue weighted by molar-refractivity contribution is 0.0846. The molecule has 2 aromatic rings. The van der Waals surface area contributed by atoms with Crippen LogP contribution in [0.25, 0.3) is 0 Å². The summed E-state index contributed by atoms with van der Waals surface area (Å²) in [6.45, 7) is 3.79. The SMILES string of the molecule is COc1cc(C(=O)NNC(=O)c2cccc(Cl)c2)ccc1OC(C)C. The number of nitrogens with one attached hydrogen (secondary N) is 2. The Morgan fingerprint density at radius 2 is 1.60 bits per heavy atom. The number of halogens is 1. The molecule has 0 unspecified atom stereocenters. The first-order chi connectivity index (χ1) is 11.9. The summed E-state index contributed by atoms with van der Waals surface area (Å²) in [5, 5.41) is 0.435. The van der Waals surface area contributed by atoms with Gasteiger partial charge in [0, 0.05) is 16.1 Å². The Morgan fingerprint density at radius 3 is 2.16 bits per heavy atom. The first-order valence-electron chi connectivity index (χ1n) is 7.61. The van der Waals surface area contributed by atoms with Crippen LogP contribution in [0.5, 0.6) is 11.5 Å². The minimum Gasteiger partial charge on any atom is -0.493 e. The number of benzene rings is 2. The molecule has 0 aliphatic heterocycles. The molecule has 7 heteroatoms. The van der Waals surface area contributed by atoms with Crippen LogP contribution in [0.1, 0.15) is 34.6 Å². The quantitative estimate of drug-likeness (QED) is 0.801. The van der Waals surface area contributed by atoms with Crippen LogP contribution in [-0.4, -0.2) is 25.0 Å². The Balaban J connectivity index is 2.04. The average molecular weight is 363 g/mol. The zero-order valence-corrected chi connectivity index (χ0v) is 14.9. The van der Waals surface area contributed by atoms with Crippen LogP contribution in [-0.2, 0) is 0 Å². The van der Waals surface area contributed by atoms with E-state index in [1.165, 1.54) is 13.2 Å². The molecule has 0 fully saturated rings. The van der Waals surface area contributed by atoms with E-state index in [4.69, 9.17) is 21.1 Å². The molecule has 0 radical (unpaired) electrons. The molecule has 0 aromatic heterocycles. The normalized spacial score (nSPS) is 10.3. The molecule has 0 aliphatic rings. The van der Waals surface area contributed by atoms with Crippen molar-refractivity contribution in [1.29, 1.82) is 0 Å². The van der Waals surface area contributed by atoms with Crippen LogP contribution in [0.4, 0.5) is 0 Å². The van der Waals surface area contributed by atoms with Gasteiger partial charge >= 0.3 is 0 Å². The van der Waals surface area contributed by atoms with Gasteiger partial charge in [-0.05, 0) is 50.2 Å². The Morgan fingerprint density at radius 1 is 0.960 bits per heavy atom. The van der Waals surface area contributed by atoms with Gasteiger partial charge in [0.1, 0.15) is 0 Å². The van der Waals surface area contributed by atoms with Crippen LogP contribution in [0.2, 0.25) is 5.02 Å². The Kier molecular flexibility index (Phi) is 6.25. The molecule has 0 bridgehead atoms. The van der Waals surface area contributed by atoms with Crippen LogP contribution < -0.4 is 20.3 Å². The number of carbonyl (C=O) groups excluding carboxylic acids is 2. The maximum Gasteiger partial charge on any atom is 0.269 e. The van der Waals surface area contributed by atoms with Crippen molar-refractivity contribution in [2.24, 2.45) is 0 Å². The lowest BCUT2D eigenvalue weighted by atomic mass is 10.2. The van der Waals surface area contributed by atoms with Gasteiger partial charge in [0.2, 0.25) is 0 Å². The highest BCUT2D eigenvalue weighted by Crippen LogP contribution is 2.28. The molecular weight excluding hydrogens is 344 g/mol. The van der Waals surface area contributed by atoms with Gasteiger partial charge in [-0.1, -0.05) is 17.7 Å². The van der Waals surface area contributed by atoms with Crippen LogP contribution in [0.3, 0.4) is 0 Å². The number of amides is 2. The Hall–Kier alpha value is -2.73. The summed E-state index contributed by atoms with van der Waals surface area (Å²) < 4.78 is 10.8. The molecule has 2 amide bonds. The minimum atomic E-state index is -0.482. The third kappa shape index (κ3) is 5.12. The second kappa shape index (κ2) is 8.39. The fourth-order valence-electron chi connectivity index (χ4n) is 2.05. The molecule has 0 heterocycles. The van der Waals surface area contributed by atoms with Crippen molar-refractivity contribution in [3.63, 3.8) is 0 Å². The van der Waals surface area contributed by atoms with Gasteiger partial charge in [0.15, 0.2) is 11.5 Å². The van der Waals surface area contributed by atoms with E-state index in [0.717, 1.165) is 0 Å². The van der Waals surface area contributed by atoms with E-state index < -0.39 is 11.8 Å². The number of hydrazine groups is 1. The van der Waals surface area contributed by atoms with Gasteiger partial charge in [-0.25, -0.2) is 0 Å². The number of ether oxygens (including phenoxy) is 2. The first-order valence-corrected chi connectivity index (χ1v) is 7.99. The van der Waals surface area contributed by atoms with Crippen molar-refractivity contribution in [1.82, 2.24) is 10.9 Å². The van der Waals surface area contributed by atoms with E-state index in [-0.39, 0.29) is 6.10 Å². The number of carbonyl (C=O) groups is 2. The lowest BCUT2D eigenvalue weighted by Gasteiger charge is -2.14. The van der Waals surface area contributed by atoms with Crippen LogP contribution in [0, 0.1) is 0 Å². The van der Waals surface area contributed by atoms with E-state index in [1.54, 1.807) is 36.4 Å². The van der Waals surface area contributed by atoms with E-state index in [9.17, 15) is 9.59 Å². The maximum atomic E-state index is 12.2. The Labute approximate surface area is 151 Å². The highest BCUT2D eigenvalue weighted by Gasteiger charge is 2.13. The predicted octanol–water partition coefficient (Wildman–Crippen LogP) is 3.21. The standard InChI is InChI=1S/C18H19ClN2O4/c1-11(2)25-15-8-7-13(10-16(15)24-3)18(23)21-20-17(22)12-5-4-6-14(19)9-12/h4-11H,1-3H3,(H,20,22)(H,21,23). The van der Waals surface area contributed by atoms with E-state index in [2.05, 4.69) is 10.9 Å². The summed E-state index contributed by atoms with van der Waals surface area (Å²) in [5.74, 6) is 0.0203. The summed E-state index contributed by atoms with van der Waals surface area (Å²) in [4.78, 5) is 24.2. The summed E-state index contributed by atoms with van der Waals surface area (Å²) in [5.41, 5.74) is 5.35.